The Morgan fingerprint density at radius 1 is 1.39 bits per heavy atom. The highest BCUT2D eigenvalue weighted by Crippen LogP contribution is 2.40. The summed E-state index contributed by atoms with van der Waals surface area (Å²) in [5, 5.41) is 9.31. The standard InChI is InChI=1S/C15H21NO2/c1-10-6-5-7-13(11(10)2)16-9-8-12(14(17)18)15(16,3)4/h5-7,12H,8-9H2,1-4H3,(H,17,18). The second-order valence-corrected chi connectivity index (χ2v) is 5.70. The number of carboxylic acids is 1. The first-order valence-electron chi connectivity index (χ1n) is 6.42. The Hall–Kier alpha value is -1.51. The molecule has 0 bridgehead atoms. The van der Waals surface area contributed by atoms with Crippen LogP contribution in [0.25, 0.3) is 0 Å². The lowest BCUT2D eigenvalue weighted by atomic mass is 9.88. The van der Waals surface area contributed by atoms with Gasteiger partial charge in [0.05, 0.1) is 5.92 Å². The zero-order chi connectivity index (χ0) is 13.5. The van der Waals surface area contributed by atoms with E-state index < -0.39 is 5.97 Å². The van der Waals surface area contributed by atoms with E-state index >= 15 is 0 Å². The van der Waals surface area contributed by atoms with Gasteiger partial charge in [0.1, 0.15) is 0 Å². The molecule has 0 aromatic heterocycles. The fourth-order valence-electron chi connectivity index (χ4n) is 2.97. The van der Waals surface area contributed by atoms with E-state index in [1.807, 2.05) is 19.9 Å². The quantitative estimate of drug-likeness (QED) is 0.873. The minimum Gasteiger partial charge on any atom is -0.481 e. The van der Waals surface area contributed by atoms with Crippen LogP contribution in [0.15, 0.2) is 18.2 Å². The van der Waals surface area contributed by atoms with Gasteiger partial charge in [0, 0.05) is 17.8 Å². The Morgan fingerprint density at radius 2 is 2.06 bits per heavy atom. The normalized spacial score (nSPS) is 22.2. The molecule has 98 valence electrons. The van der Waals surface area contributed by atoms with Crippen LogP contribution in [0.5, 0.6) is 0 Å². The molecule has 0 saturated carbocycles. The van der Waals surface area contributed by atoms with Gasteiger partial charge in [0.15, 0.2) is 0 Å². The molecule has 1 aromatic rings. The van der Waals surface area contributed by atoms with Crippen molar-refractivity contribution in [2.75, 3.05) is 11.4 Å². The van der Waals surface area contributed by atoms with Crippen molar-refractivity contribution in [3.05, 3.63) is 29.3 Å². The Balaban J connectivity index is 2.41. The van der Waals surface area contributed by atoms with Gasteiger partial charge in [-0.2, -0.15) is 0 Å². The molecule has 18 heavy (non-hydrogen) atoms. The van der Waals surface area contributed by atoms with Gasteiger partial charge < -0.3 is 10.0 Å². The van der Waals surface area contributed by atoms with Crippen LogP contribution >= 0.6 is 0 Å². The smallest absolute Gasteiger partial charge is 0.308 e. The lowest BCUT2D eigenvalue weighted by molar-refractivity contribution is -0.142. The molecule has 1 fully saturated rings. The molecule has 0 spiro atoms. The van der Waals surface area contributed by atoms with Crippen LogP contribution < -0.4 is 4.90 Å². The predicted octanol–water partition coefficient (Wildman–Crippen LogP) is 2.99. The molecule has 2 rings (SSSR count). The molecule has 1 saturated heterocycles. The highest BCUT2D eigenvalue weighted by molar-refractivity contribution is 5.75. The van der Waals surface area contributed by atoms with Crippen LogP contribution in [0.4, 0.5) is 5.69 Å². The van der Waals surface area contributed by atoms with Crippen LogP contribution in [-0.4, -0.2) is 23.2 Å². The second-order valence-electron chi connectivity index (χ2n) is 5.70. The van der Waals surface area contributed by atoms with Gasteiger partial charge in [-0.3, -0.25) is 4.79 Å². The van der Waals surface area contributed by atoms with Gasteiger partial charge in [-0.1, -0.05) is 12.1 Å². The highest BCUT2D eigenvalue weighted by Gasteiger charge is 2.45. The van der Waals surface area contributed by atoms with Gasteiger partial charge >= 0.3 is 5.97 Å². The summed E-state index contributed by atoms with van der Waals surface area (Å²) in [6, 6.07) is 6.23. The largest absolute Gasteiger partial charge is 0.481 e. The van der Waals surface area contributed by atoms with E-state index in [4.69, 9.17) is 0 Å². The van der Waals surface area contributed by atoms with Gasteiger partial charge in [0.25, 0.3) is 0 Å². The van der Waals surface area contributed by atoms with Crippen molar-refractivity contribution >= 4 is 11.7 Å². The molecule has 0 aliphatic carbocycles. The minimum absolute atomic E-state index is 0.294. The number of carboxylic acid groups (broad SMARTS) is 1. The Kier molecular flexibility index (Phi) is 3.09. The van der Waals surface area contributed by atoms with Crippen LogP contribution in [0, 0.1) is 19.8 Å². The third-order valence-corrected chi connectivity index (χ3v) is 4.35. The summed E-state index contributed by atoms with van der Waals surface area (Å²) in [6.07, 6.45) is 0.718. The van der Waals surface area contributed by atoms with E-state index in [0.29, 0.717) is 0 Å². The molecule has 0 radical (unpaired) electrons. The first-order valence-corrected chi connectivity index (χ1v) is 6.42. The van der Waals surface area contributed by atoms with Crippen molar-refractivity contribution in [1.29, 1.82) is 0 Å². The fourth-order valence-corrected chi connectivity index (χ4v) is 2.97. The number of anilines is 1. The maximum atomic E-state index is 11.3. The summed E-state index contributed by atoms with van der Waals surface area (Å²) in [7, 11) is 0. The Bertz CT molecular complexity index is 479. The van der Waals surface area contributed by atoms with E-state index in [9.17, 15) is 9.90 Å². The molecule has 1 aromatic carbocycles. The zero-order valence-corrected chi connectivity index (χ0v) is 11.5. The summed E-state index contributed by atoms with van der Waals surface area (Å²) < 4.78 is 0. The van der Waals surface area contributed by atoms with E-state index in [1.54, 1.807) is 0 Å². The molecular formula is C15H21NO2. The summed E-state index contributed by atoms with van der Waals surface area (Å²) in [4.78, 5) is 13.6. The maximum Gasteiger partial charge on any atom is 0.308 e. The van der Waals surface area contributed by atoms with Crippen LogP contribution in [0.2, 0.25) is 0 Å². The van der Waals surface area contributed by atoms with Gasteiger partial charge in [-0.05, 0) is 51.3 Å². The fraction of sp³-hybridized carbons (Fsp3) is 0.533. The molecular weight excluding hydrogens is 226 g/mol. The Morgan fingerprint density at radius 3 is 2.61 bits per heavy atom. The van der Waals surface area contributed by atoms with Crippen LogP contribution in [0.1, 0.15) is 31.4 Å². The number of carbonyl (C=O) groups is 1. The van der Waals surface area contributed by atoms with Crippen molar-refractivity contribution < 1.29 is 9.90 Å². The molecule has 1 aliphatic heterocycles. The summed E-state index contributed by atoms with van der Waals surface area (Å²) in [5.41, 5.74) is 3.34. The molecule has 0 amide bonds. The molecule has 1 aliphatic rings. The van der Waals surface area contributed by atoms with E-state index in [2.05, 4.69) is 30.9 Å². The number of hydrogen-bond acceptors (Lipinski definition) is 2. The van der Waals surface area contributed by atoms with Gasteiger partial charge in [-0.15, -0.1) is 0 Å². The van der Waals surface area contributed by atoms with Crippen LogP contribution in [0.3, 0.4) is 0 Å². The average Bonchev–Trinajstić information content (AvgIpc) is 2.58. The predicted molar refractivity (Wildman–Crippen MR) is 73.1 cm³/mol. The van der Waals surface area contributed by atoms with Crippen molar-refractivity contribution in [1.82, 2.24) is 0 Å². The molecule has 1 atom stereocenters. The molecule has 3 nitrogen and oxygen atoms in total. The van der Waals surface area contributed by atoms with Crippen molar-refractivity contribution in [2.45, 2.75) is 39.7 Å². The number of benzene rings is 1. The molecule has 1 N–H and O–H groups in total. The summed E-state index contributed by atoms with van der Waals surface area (Å²) in [6.45, 7) is 9.07. The lowest BCUT2D eigenvalue weighted by Gasteiger charge is -2.37. The second kappa shape index (κ2) is 4.30. The van der Waals surface area contributed by atoms with Crippen molar-refractivity contribution in [2.24, 2.45) is 5.92 Å². The van der Waals surface area contributed by atoms with Crippen LogP contribution in [-0.2, 0) is 4.79 Å². The number of hydrogen-bond donors (Lipinski definition) is 1. The number of aliphatic carboxylic acids is 1. The number of nitrogens with zero attached hydrogens (tertiary/aromatic N) is 1. The number of aryl methyl sites for hydroxylation is 1. The minimum atomic E-state index is -0.687. The average molecular weight is 247 g/mol. The molecule has 1 unspecified atom stereocenters. The SMILES string of the molecule is Cc1cccc(N2CCC(C(=O)O)C2(C)C)c1C. The van der Waals surface area contributed by atoms with Crippen molar-refractivity contribution in [3.63, 3.8) is 0 Å². The van der Waals surface area contributed by atoms with E-state index in [1.165, 1.54) is 16.8 Å². The third kappa shape index (κ3) is 1.88. The van der Waals surface area contributed by atoms with E-state index in [0.717, 1.165) is 13.0 Å². The third-order valence-electron chi connectivity index (χ3n) is 4.35. The zero-order valence-electron chi connectivity index (χ0n) is 11.5. The first-order chi connectivity index (χ1) is 8.35. The van der Waals surface area contributed by atoms with Crippen molar-refractivity contribution in [3.8, 4) is 0 Å². The first kappa shape index (κ1) is 12.9. The number of rotatable bonds is 2. The summed E-state index contributed by atoms with van der Waals surface area (Å²) in [5.74, 6) is -0.981. The Labute approximate surface area is 108 Å². The van der Waals surface area contributed by atoms with Gasteiger partial charge in [0.2, 0.25) is 0 Å². The molecule has 3 heteroatoms. The monoisotopic (exact) mass is 247 g/mol. The highest BCUT2D eigenvalue weighted by atomic mass is 16.4. The lowest BCUT2D eigenvalue weighted by Crippen LogP contribution is -2.45. The topological polar surface area (TPSA) is 40.5 Å². The maximum absolute atomic E-state index is 11.3. The molecule has 1 heterocycles. The van der Waals surface area contributed by atoms with Gasteiger partial charge in [-0.25, -0.2) is 0 Å². The van der Waals surface area contributed by atoms with E-state index in [-0.39, 0.29) is 11.5 Å². The summed E-state index contributed by atoms with van der Waals surface area (Å²) >= 11 is 0.